The number of nitrogens with two attached hydrogens (primary N) is 1. The van der Waals surface area contributed by atoms with E-state index in [0.29, 0.717) is 13.0 Å². The molecule has 1 aromatic carbocycles. The van der Waals surface area contributed by atoms with Crippen LogP contribution in [0.3, 0.4) is 0 Å². The van der Waals surface area contributed by atoms with Crippen LogP contribution >= 0.6 is 0 Å². The number of phenols is 1. The molecule has 37 heavy (non-hydrogen) atoms. The van der Waals surface area contributed by atoms with Gasteiger partial charge in [-0.25, -0.2) is 0 Å². The number of benzene rings is 1. The molecule has 0 heterocycles. The van der Waals surface area contributed by atoms with Crippen molar-refractivity contribution >= 4 is 23.2 Å². The van der Waals surface area contributed by atoms with Crippen molar-refractivity contribution in [1.82, 2.24) is 10.2 Å². The summed E-state index contributed by atoms with van der Waals surface area (Å²) < 4.78 is 0. The van der Waals surface area contributed by atoms with E-state index in [1.54, 1.807) is 21.0 Å². The molecule has 0 spiro atoms. The number of aliphatic hydroxyl groups is 2. The van der Waals surface area contributed by atoms with Crippen LogP contribution in [-0.4, -0.2) is 70.0 Å². The number of hydrogen-bond acceptors (Lipinski definition) is 8. The standard InChI is InChI=1S/C28H39N3O6/c1-13-19(26(29)36)24(34)28(37)17(22(13)31(5)6)10-15-9-16-14(11-30-12-27(2,3)4)7-8-18(32)21(16)23(33)20(15)25(28)35/h7-8,13,15,17,19,22,30,32-33,37H,9-12H2,1-6H3,(H2,29,36)/t13?,15-,17-,19?,22?,28+/m1/s1. The second kappa shape index (κ2) is 9.22. The number of hydrogen-bond donors (Lipinski definition) is 5. The van der Waals surface area contributed by atoms with Gasteiger partial charge in [-0.1, -0.05) is 33.8 Å². The summed E-state index contributed by atoms with van der Waals surface area (Å²) in [6, 6.07) is 2.83. The number of primary amides is 1. The number of nitrogens with one attached hydrogen (secondary N) is 1. The van der Waals surface area contributed by atoms with Crippen LogP contribution in [0.1, 0.15) is 50.8 Å². The molecule has 6 N–H and O–H groups in total. The third kappa shape index (κ3) is 4.27. The number of carbonyl (C=O) groups is 3. The molecule has 2 saturated carbocycles. The van der Waals surface area contributed by atoms with Crippen molar-refractivity contribution in [2.24, 2.45) is 34.8 Å². The zero-order valence-corrected chi connectivity index (χ0v) is 22.5. The van der Waals surface area contributed by atoms with E-state index in [1.807, 2.05) is 11.0 Å². The summed E-state index contributed by atoms with van der Waals surface area (Å²) in [5.41, 5.74) is 4.89. The Bertz CT molecular complexity index is 1180. The van der Waals surface area contributed by atoms with Crippen molar-refractivity contribution in [2.75, 3.05) is 20.6 Å². The van der Waals surface area contributed by atoms with Gasteiger partial charge in [-0.15, -0.1) is 0 Å². The van der Waals surface area contributed by atoms with Crippen molar-refractivity contribution < 1.29 is 29.7 Å². The predicted octanol–water partition coefficient (Wildman–Crippen LogP) is 1.54. The van der Waals surface area contributed by atoms with Crippen LogP contribution in [-0.2, 0) is 27.3 Å². The summed E-state index contributed by atoms with van der Waals surface area (Å²) in [4.78, 5) is 41.5. The fourth-order valence-electron chi connectivity index (χ4n) is 6.87. The quantitative estimate of drug-likeness (QED) is 0.372. The number of aromatic hydroxyl groups is 1. The van der Waals surface area contributed by atoms with E-state index < -0.39 is 58.5 Å². The van der Waals surface area contributed by atoms with Crippen molar-refractivity contribution in [3.05, 3.63) is 34.4 Å². The molecular weight excluding hydrogens is 474 g/mol. The summed E-state index contributed by atoms with van der Waals surface area (Å²) in [5, 5.41) is 37.2. The Morgan fingerprint density at radius 2 is 1.86 bits per heavy atom. The highest BCUT2D eigenvalue weighted by Crippen LogP contribution is 2.53. The van der Waals surface area contributed by atoms with Gasteiger partial charge in [-0.05, 0) is 61.4 Å². The Kier molecular flexibility index (Phi) is 6.80. The van der Waals surface area contributed by atoms with Crippen LogP contribution in [0.4, 0.5) is 0 Å². The van der Waals surface area contributed by atoms with Gasteiger partial charge in [0.1, 0.15) is 17.4 Å². The minimum atomic E-state index is -2.49. The molecule has 3 aliphatic carbocycles. The molecule has 0 saturated heterocycles. The maximum Gasteiger partial charge on any atom is 0.228 e. The maximum atomic E-state index is 13.9. The van der Waals surface area contributed by atoms with Gasteiger partial charge < -0.3 is 31.3 Å². The van der Waals surface area contributed by atoms with Gasteiger partial charge in [0.25, 0.3) is 0 Å². The number of amides is 1. The lowest BCUT2D eigenvalue weighted by atomic mass is 9.53. The second-order valence-corrected chi connectivity index (χ2v) is 12.4. The summed E-state index contributed by atoms with van der Waals surface area (Å²) >= 11 is 0. The molecule has 3 aliphatic rings. The topological polar surface area (TPSA) is 153 Å². The first-order valence-electron chi connectivity index (χ1n) is 12.9. The van der Waals surface area contributed by atoms with Crippen molar-refractivity contribution in [1.29, 1.82) is 0 Å². The summed E-state index contributed by atoms with van der Waals surface area (Å²) in [7, 11) is 3.58. The average molecular weight is 514 g/mol. The minimum Gasteiger partial charge on any atom is -0.507 e. The highest BCUT2D eigenvalue weighted by atomic mass is 16.3. The predicted molar refractivity (Wildman–Crippen MR) is 138 cm³/mol. The normalized spacial score (nSPS) is 31.7. The van der Waals surface area contributed by atoms with Gasteiger partial charge in [0, 0.05) is 30.6 Å². The Balaban J connectivity index is 1.82. The lowest BCUT2D eigenvalue weighted by Crippen LogP contribution is -2.71. The molecule has 0 aromatic heterocycles. The zero-order valence-electron chi connectivity index (χ0n) is 22.5. The Morgan fingerprint density at radius 3 is 2.43 bits per heavy atom. The molecule has 1 aromatic rings. The monoisotopic (exact) mass is 513 g/mol. The first-order valence-corrected chi connectivity index (χ1v) is 12.9. The summed E-state index contributed by atoms with van der Waals surface area (Å²) in [6.45, 7) is 9.40. The molecule has 4 rings (SSSR count). The van der Waals surface area contributed by atoms with Crippen LogP contribution < -0.4 is 11.1 Å². The maximum absolute atomic E-state index is 13.9. The first-order chi connectivity index (χ1) is 17.1. The highest BCUT2D eigenvalue weighted by molar-refractivity contribution is 6.24. The molecule has 6 atom stereocenters. The van der Waals surface area contributed by atoms with Crippen LogP contribution in [0.2, 0.25) is 0 Å². The number of phenolic OH excluding ortho intramolecular Hbond substituents is 1. The Hall–Kier alpha value is -2.75. The molecule has 3 unspecified atom stereocenters. The highest BCUT2D eigenvalue weighted by Gasteiger charge is 2.66. The van der Waals surface area contributed by atoms with E-state index in [9.17, 15) is 29.7 Å². The van der Waals surface area contributed by atoms with E-state index in [-0.39, 0.29) is 28.7 Å². The molecular formula is C28H39N3O6. The van der Waals surface area contributed by atoms with Crippen LogP contribution in [0.5, 0.6) is 5.75 Å². The first kappa shape index (κ1) is 27.3. The molecule has 0 bridgehead atoms. The van der Waals surface area contributed by atoms with Crippen LogP contribution in [0.25, 0.3) is 5.76 Å². The lowest BCUT2D eigenvalue weighted by Gasteiger charge is -2.54. The van der Waals surface area contributed by atoms with Crippen molar-refractivity contribution in [3.63, 3.8) is 0 Å². The molecule has 1 amide bonds. The Labute approximate surface area is 217 Å². The third-order valence-corrected chi connectivity index (χ3v) is 8.41. The molecule has 0 radical (unpaired) electrons. The van der Waals surface area contributed by atoms with Gasteiger partial charge in [0.2, 0.25) is 11.7 Å². The van der Waals surface area contributed by atoms with Gasteiger partial charge in [0.05, 0.1) is 5.56 Å². The molecule has 9 nitrogen and oxygen atoms in total. The van der Waals surface area contributed by atoms with Gasteiger partial charge >= 0.3 is 0 Å². The fourth-order valence-corrected chi connectivity index (χ4v) is 6.87. The summed E-state index contributed by atoms with van der Waals surface area (Å²) in [6.07, 6.45) is 0.631. The number of carbonyl (C=O) groups excluding carboxylic acids is 3. The second-order valence-electron chi connectivity index (χ2n) is 12.4. The van der Waals surface area contributed by atoms with E-state index in [0.717, 1.165) is 17.7 Å². The largest absolute Gasteiger partial charge is 0.507 e. The number of Topliss-reactive ketones (excluding diaryl/α,β-unsaturated/α-hetero) is 2. The van der Waals surface area contributed by atoms with E-state index in [2.05, 4.69) is 26.1 Å². The van der Waals surface area contributed by atoms with E-state index in [4.69, 9.17) is 5.73 Å². The SMILES string of the molecule is CC1C(C(N)=O)C(=O)[C@]2(O)C(=O)C3=C(O)c4c(O)ccc(CNCC(C)(C)C)c4C[C@@H]3C[C@@H]2C1N(C)C. The van der Waals surface area contributed by atoms with Crippen LogP contribution in [0.15, 0.2) is 17.7 Å². The zero-order chi connectivity index (χ0) is 27.6. The number of rotatable bonds is 5. The molecule has 2 fully saturated rings. The smallest absolute Gasteiger partial charge is 0.228 e. The van der Waals surface area contributed by atoms with Gasteiger partial charge in [-0.3, -0.25) is 14.4 Å². The van der Waals surface area contributed by atoms with Crippen LogP contribution in [0, 0.1) is 29.1 Å². The third-order valence-electron chi connectivity index (χ3n) is 8.41. The lowest BCUT2D eigenvalue weighted by molar-refractivity contribution is -0.177. The Morgan fingerprint density at radius 1 is 1.22 bits per heavy atom. The molecule has 0 aliphatic heterocycles. The molecule has 9 heteroatoms. The number of aliphatic hydroxyl groups excluding tert-OH is 1. The minimum absolute atomic E-state index is 0.0648. The van der Waals surface area contributed by atoms with E-state index >= 15 is 0 Å². The van der Waals surface area contributed by atoms with E-state index in [1.165, 1.54) is 6.07 Å². The van der Waals surface area contributed by atoms with Crippen molar-refractivity contribution in [2.45, 2.75) is 58.7 Å². The number of ketones is 2. The molecule has 202 valence electrons. The van der Waals surface area contributed by atoms with Gasteiger partial charge in [0.15, 0.2) is 11.4 Å². The number of fused-ring (bicyclic) bond motifs is 3. The number of nitrogens with zero attached hydrogens (tertiary/aromatic N) is 1. The summed E-state index contributed by atoms with van der Waals surface area (Å²) in [5.74, 6) is -6.36. The van der Waals surface area contributed by atoms with Crippen molar-refractivity contribution in [3.8, 4) is 5.75 Å². The fraction of sp³-hybridized carbons (Fsp3) is 0.607. The van der Waals surface area contributed by atoms with Gasteiger partial charge in [-0.2, -0.15) is 0 Å². The average Bonchev–Trinajstić information content (AvgIpc) is 2.76.